The van der Waals surface area contributed by atoms with Gasteiger partial charge in [0.25, 0.3) is 5.91 Å². The highest BCUT2D eigenvalue weighted by atomic mass is 35.5. The van der Waals surface area contributed by atoms with Crippen LogP contribution >= 0.6 is 22.9 Å². The quantitative estimate of drug-likeness (QED) is 0.0825. The van der Waals surface area contributed by atoms with Crippen molar-refractivity contribution in [3.05, 3.63) is 99.6 Å². The number of nitrogens with one attached hydrogen (secondary N) is 3. The molecule has 1 saturated carbocycles. The van der Waals surface area contributed by atoms with Crippen LogP contribution in [0.3, 0.4) is 0 Å². The Balaban J connectivity index is 0.894. The molecule has 0 bridgehead atoms. The second-order valence-corrected chi connectivity index (χ2v) is 20.9. The number of aryl methyl sites for hydroxylation is 1. The van der Waals surface area contributed by atoms with Crippen LogP contribution in [0.25, 0.3) is 10.4 Å². The van der Waals surface area contributed by atoms with Gasteiger partial charge in [-0.25, -0.2) is 4.98 Å². The molecule has 352 valence electrons. The maximum absolute atomic E-state index is 14.0. The summed E-state index contributed by atoms with van der Waals surface area (Å²) in [6.45, 7) is 18.8. The molecule has 2 aliphatic rings. The number of nitrogens with zero attached hydrogens (tertiary/aromatic N) is 3. The van der Waals surface area contributed by atoms with Crippen LogP contribution in [0.2, 0.25) is 5.02 Å². The Morgan fingerprint density at radius 2 is 1.62 bits per heavy atom. The number of carbonyl (C=O) groups is 4. The van der Waals surface area contributed by atoms with E-state index in [1.165, 1.54) is 0 Å². The number of amides is 4. The lowest BCUT2D eigenvalue weighted by Gasteiger charge is -2.63. The van der Waals surface area contributed by atoms with Gasteiger partial charge in [-0.2, -0.15) is 5.26 Å². The van der Waals surface area contributed by atoms with Crippen molar-refractivity contribution in [1.82, 2.24) is 25.8 Å². The standard InChI is InChI=1S/C51H63ClN6O7S/c1-31(33-14-16-34(17-15-33)42-32(2)54-30-66-42)55-45(61)40-13-12-24-58(40)46(62)43(49(3,4)5)56-41(59)29-63-25-10-11-26-64-37-21-18-35(19-22-37)44(60)57-47-50(6,7)48(51(47,8)9)65-38-23-20-36(28-53)39(52)27-38/h14-23,27,30-31,40,43,47-48H,10-13,24-26,29H2,1-9H3,(H,55,61)(H,56,59)(H,57,60)/t31-,40+,43-,47-,48-/m1/s1. The molecule has 66 heavy (non-hydrogen) atoms. The number of aromatic nitrogens is 1. The lowest BCUT2D eigenvalue weighted by Crippen LogP contribution is -2.74. The van der Waals surface area contributed by atoms with E-state index in [4.69, 9.17) is 25.8 Å². The number of carbonyl (C=O) groups excluding carboxylic acids is 4. The third kappa shape index (κ3) is 11.5. The number of benzene rings is 3. The van der Waals surface area contributed by atoms with Gasteiger partial charge in [-0.05, 0) is 92.5 Å². The molecule has 0 spiro atoms. The molecule has 13 nitrogen and oxygen atoms in total. The third-order valence-corrected chi connectivity index (χ3v) is 14.1. The summed E-state index contributed by atoms with van der Waals surface area (Å²) in [5.74, 6) is 0.110. The molecule has 1 aromatic heterocycles. The molecule has 3 N–H and O–H groups in total. The summed E-state index contributed by atoms with van der Waals surface area (Å²) in [7, 11) is 0. The first kappa shape index (κ1) is 49.9. The SMILES string of the molecule is Cc1ncsc1-c1ccc([C@@H](C)NC(=O)[C@@H]2CCCN2C(=O)[C@@H](NC(=O)COCCCCOc2ccc(C(=O)N[C@H]3C(C)(C)[C@H](Oc4ccc(C#N)c(Cl)c4)C3(C)C)cc2)C(C)(C)C)cc1. The summed E-state index contributed by atoms with van der Waals surface area (Å²) in [5, 5.41) is 18.8. The molecular formula is C51H63ClN6O7S. The predicted octanol–water partition coefficient (Wildman–Crippen LogP) is 8.83. The molecule has 1 aliphatic heterocycles. The lowest BCUT2D eigenvalue weighted by atomic mass is 9.49. The smallest absolute Gasteiger partial charge is 0.251 e. The first-order valence-electron chi connectivity index (χ1n) is 22.6. The van der Waals surface area contributed by atoms with Crippen LogP contribution in [0.4, 0.5) is 0 Å². The number of unbranched alkanes of at least 4 members (excludes halogenated alkanes) is 1. The topological polar surface area (TPSA) is 172 Å². The van der Waals surface area contributed by atoms with E-state index in [2.05, 4.69) is 54.7 Å². The molecule has 6 rings (SSSR count). The Morgan fingerprint density at radius 3 is 2.24 bits per heavy atom. The summed E-state index contributed by atoms with van der Waals surface area (Å²) in [6.07, 6.45) is 2.34. The molecule has 0 radical (unpaired) electrons. The normalized spacial score (nSPS) is 19.4. The van der Waals surface area contributed by atoms with Crippen molar-refractivity contribution >= 4 is 46.6 Å². The Hall–Kier alpha value is -5.49. The van der Waals surface area contributed by atoms with Crippen molar-refractivity contribution in [2.24, 2.45) is 16.2 Å². The first-order valence-corrected chi connectivity index (χ1v) is 23.9. The molecule has 15 heteroatoms. The lowest BCUT2D eigenvalue weighted by molar-refractivity contribution is -0.164. The van der Waals surface area contributed by atoms with Crippen LogP contribution in [0.5, 0.6) is 11.5 Å². The van der Waals surface area contributed by atoms with Crippen LogP contribution < -0.4 is 25.4 Å². The van der Waals surface area contributed by atoms with Gasteiger partial charge in [-0.3, -0.25) is 19.2 Å². The Labute approximate surface area is 397 Å². The van der Waals surface area contributed by atoms with E-state index in [-0.39, 0.29) is 53.3 Å². The minimum absolute atomic E-state index is 0.171. The van der Waals surface area contributed by atoms with Gasteiger partial charge in [0, 0.05) is 41.7 Å². The maximum Gasteiger partial charge on any atom is 0.251 e. The van der Waals surface area contributed by atoms with Crippen LogP contribution in [0.1, 0.15) is 114 Å². The van der Waals surface area contributed by atoms with Crippen LogP contribution in [-0.4, -0.2) is 84.1 Å². The second-order valence-electron chi connectivity index (χ2n) is 19.6. The average Bonchev–Trinajstić information content (AvgIpc) is 3.95. The average molecular weight is 940 g/mol. The number of hydrogen-bond acceptors (Lipinski definition) is 10. The van der Waals surface area contributed by atoms with Crippen molar-refractivity contribution in [3.63, 3.8) is 0 Å². The molecule has 2 fully saturated rings. The third-order valence-electron chi connectivity index (χ3n) is 12.8. The predicted molar refractivity (Wildman–Crippen MR) is 256 cm³/mol. The highest BCUT2D eigenvalue weighted by molar-refractivity contribution is 7.13. The minimum atomic E-state index is -0.849. The molecule has 4 amide bonds. The summed E-state index contributed by atoms with van der Waals surface area (Å²) >= 11 is 7.83. The molecule has 4 aromatic rings. The Bertz CT molecular complexity index is 2390. The number of hydrogen-bond donors (Lipinski definition) is 3. The van der Waals surface area contributed by atoms with E-state index in [0.717, 1.165) is 21.7 Å². The van der Waals surface area contributed by atoms with Crippen molar-refractivity contribution < 1.29 is 33.4 Å². The number of ether oxygens (including phenoxy) is 3. The zero-order valence-corrected chi connectivity index (χ0v) is 41.0. The number of thiazole rings is 1. The molecule has 1 saturated heterocycles. The van der Waals surface area contributed by atoms with E-state index < -0.39 is 23.4 Å². The Kier molecular flexibility index (Phi) is 15.9. The number of likely N-dealkylation sites (tertiary alicyclic amines) is 1. The van der Waals surface area contributed by atoms with Gasteiger partial charge in [0.15, 0.2) is 0 Å². The van der Waals surface area contributed by atoms with Gasteiger partial charge in [0.05, 0.1) is 39.3 Å². The van der Waals surface area contributed by atoms with Gasteiger partial charge < -0.3 is 35.1 Å². The maximum atomic E-state index is 14.0. The summed E-state index contributed by atoms with van der Waals surface area (Å²) in [6, 6.07) is 20.3. The fraction of sp³-hybridized carbons (Fsp3) is 0.490. The monoisotopic (exact) mass is 938 g/mol. The van der Waals surface area contributed by atoms with Gasteiger partial charge in [0.2, 0.25) is 17.7 Å². The zero-order chi connectivity index (χ0) is 48.0. The highest BCUT2D eigenvalue weighted by Crippen LogP contribution is 2.55. The fourth-order valence-electron chi connectivity index (χ4n) is 9.39. The van der Waals surface area contributed by atoms with Crippen molar-refractivity contribution in [1.29, 1.82) is 5.26 Å². The van der Waals surface area contributed by atoms with Crippen LogP contribution in [-0.2, 0) is 19.1 Å². The fourth-order valence-corrected chi connectivity index (χ4v) is 10.4. The molecule has 3 aromatic carbocycles. The van der Waals surface area contributed by atoms with Crippen molar-refractivity contribution in [2.75, 3.05) is 26.4 Å². The summed E-state index contributed by atoms with van der Waals surface area (Å²) in [5.41, 5.74) is 4.35. The van der Waals surface area contributed by atoms with E-state index in [9.17, 15) is 24.4 Å². The second kappa shape index (κ2) is 21.0. The highest BCUT2D eigenvalue weighted by Gasteiger charge is 2.64. The zero-order valence-electron chi connectivity index (χ0n) is 39.5. The molecule has 0 unspecified atom stereocenters. The van der Waals surface area contributed by atoms with Crippen LogP contribution in [0, 0.1) is 34.5 Å². The van der Waals surface area contributed by atoms with E-state index in [0.29, 0.717) is 73.1 Å². The van der Waals surface area contributed by atoms with Crippen LogP contribution in [0.15, 0.2) is 72.2 Å². The molecular weight excluding hydrogens is 876 g/mol. The van der Waals surface area contributed by atoms with Gasteiger partial charge in [-0.1, -0.05) is 84.3 Å². The van der Waals surface area contributed by atoms with Gasteiger partial charge >= 0.3 is 0 Å². The van der Waals surface area contributed by atoms with E-state index >= 15 is 0 Å². The number of nitriles is 1. The largest absolute Gasteiger partial charge is 0.494 e. The molecule has 1 aliphatic carbocycles. The first-order chi connectivity index (χ1) is 31.2. The number of halogens is 1. The van der Waals surface area contributed by atoms with Crippen molar-refractivity contribution in [2.45, 2.75) is 118 Å². The number of rotatable bonds is 18. The van der Waals surface area contributed by atoms with Gasteiger partial charge in [0.1, 0.15) is 42.4 Å². The minimum Gasteiger partial charge on any atom is -0.494 e. The van der Waals surface area contributed by atoms with Gasteiger partial charge in [-0.15, -0.1) is 11.3 Å². The Morgan fingerprint density at radius 1 is 0.955 bits per heavy atom. The van der Waals surface area contributed by atoms with E-state index in [1.807, 2.05) is 64.4 Å². The summed E-state index contributed by atoms with van der Waals surface area (Å²) in [4.78, 5) is 61.1. The summed E-state index contributed by atoms with van der Waals surface area (Å²) < 4.78 is 17.9. The van der Waals surface area contributed by atoms with Crippen molar-refractivity contribution in [3.8, 4) is 28.0 Å². The molecule has 3 atom stereocenters. The molecule has 2 heterocycles. The van der Waals surface area contributed by atoms with E-state index in [1.54, 1.807) is 58.7 Å².